The Kier molecular flexibility index (Phi) is 6.37. The zero-order chi connectivity index (χ0) is 18.5. The van der Waals surface area contributed by atoms with Gasteiger partial charge in [-0.3, -0.25) is 0 Å². The van der Waals surface area contributed by atoms with Crippen molar-refractivity contribution in [2.45, 2.75) is 36.8 Å². The summed E-state index contributed by atoms with van der Waals surface area (Å²) in [4.78, 5) is 13.8. The van der Waals surface area contributed by atoms with Crippen LogP contribution in [0.2, 0.25) is 0 Å². The van der Waals surface area contributed by atoms with Crippen LogP contribution in [-0.2, 0) is 13.2 Å². The molecule has 4 rings (SSSR count). The van der Waals surface area contributed by atoms with Crippen LogP contribution in [0, 0.1) is 0 Å². The lowest BCUT2D eigenvalue weighted by molar-refractivity contribution is -0.141. The molecule has 1 saturated carbocycles. The number of hydrogen-bond acceptors (Lipinski definition) is 4. The molecule has 0 bridgehead atoms. The molecule has 0 saturated heterocycles. The van der Waals surface area contributed by atoms with Crippen LogP contribution in [-0.4, -0.2) is 36.2 Å². The third-order valence-corrected chi connectivity index (χ3v) is 5.37. The van der Waals surface area contributed by atoms with E-state index in [1.54, 1.807) is 23.4 Å². The van der Waals surface area contributed by atoms with Gasteiger partial charge in [0.05, 0.1) is 17.2 Å². The minimum atomic E-state index is -4.49. The van der Waals surface area contributed by atoms with Gasteiger partial charge in [-0.2, -0.15) is 13.2 Å². The van der Waals surface area contributed by atoms with Crippen molar-refractivity contribution in [2.24, 2.45) is 7.05 Å². The second-order valence-corrected chi connectivity index (χ2v) is 7.65. The third-order valence-electron chi connectivity index (χ3n) is 4.44. The number of nitrogens with zero attached hydrogens (tertiary/aromatic N) is 4. The van der Waals surface area contributed by atoms with Gasteiger partial charge < -0.3 is 15.5 Å². The van der Waals surface area contributed by atoms with Crippen LogP contribution in [0.1, 0.15) is 37.1 Å². The van der Waals surface area contributed by atoms with E-state index in [0.717, 1.165) is 40.9 Å². The van der Waals surface area contributed by atoms with Gasteiger partial charge in [0.2, 0.25) is 0 Å². The number of imidazole rings is 1. The lowest BCUT2D eigenvalue weighted by Crippen LogP contribution is -2.07. The average molecular weight is 414 g/mol. The fraction of sp³-hybridized carbons (Fsp3) is 0.389. The molecule has 0 radical (unpaired) electrons. The van der Waals surface area contributed by atoms with Crippen LogP contribution in [0.4, 0.5) is 13.2 Å². The molecular weight excluding hydrogens is 393 g/mol. The number of thioether (sulfide) groups is 1. The van der Waals surface area contributed by atoms with E-state index in [9.17, 15) is 13.2 Å². The normalized spacial score (nSPS) is 13.9. The summed E-state index contributed by atoms with van der Waals surface area (Å²) >= 11 is 1.65. The molecule has 0 spiro atoms. The smallest absolute Gasteiger partial charge is 0.412 e. The van der Waals surface area contributed by atoms with Gasteiger partial charge in [0.25, 0.3) is 0 Å². The summed E-state index contributed by atoms with van der Waals surface area (Å²) in [6, 6.07) is 5.09. The zero-order valence-corrected chi connectivity index (χ0v) is 16.2. The van der Waals surface area contributed by atoms with Crippen LogP contribution in [0.5, 0.6) is 0 Å². The SMILES string of the molecule is CCSc1ccc(C2CC2)nc1-c1nc2cc(C(F)(F)F)ncc2n1C.O.O. The first-order valence-corrected chi connectivity index (χ1v) is 9.40. The molecule has 1 aliphatic rings. The van der Waals surface area contributed by atoms with Crippen molar-refractivity contribution < 1.29 is 24.1 Å². The number of pyridine rings is 2. The molecule has 0 amide bonds. The van der Waals surface area contributed by atoms with Gasteiger partial charge in [0, 0.05) is 23.6 Å². The number of aryl methyl sites for hydroxylation is 1. The molecule has 28 heavy (non-hydrogen) atoms. The molecule has 152 valence electrons. The van der Waals surface area contributed by atoms with Crippen LogP contribution in [0.15, 0.2) is 29.3 Å². The van der Waals surface area contributed by atoms with Crippen LogP contribution < -0.4 is 0 Å². The van der Waals surface area contributed by atoms with Crippen LogP contribution in [0.3, 0.4) is 0 Å². The highest BCUT2D eigenvalue weighted by Gasteiger charge is 2.33. The second-order valence-electron chi connectivity index (χ2n) is 6.34. The highest BCUT2D eigenvalue weighted by Crippen LogP contribution is 2.41. The highest BCUT2D eigenvalue weighted by atomic mass is 32.2. The van der Waals surface area contributed by atoms with Gasteiger partial charge in [-0.1, -0.05) is 6.92 Å². The number of alkyl halides is 3. The van der Waals surface area contributed by atoms with Gasteiger partial charge >= 0.3 is 6.18 Å². The first-order valence-electron chi connectivity index (χ1n) is 8.42. The number of hydrogen-bond donors (Lipinski definition) is 0. The van der Waals surface area contributed by atoms with E-state index in [-0.39, 0.29) is 16.5 Å². The maximum Gasteiger partial charge on any atom is 0.433 e. The minimum Gasteiger partial charge on any atom is -0.412 e. The fourth-order valence-corrected chi connectivity index (χ4v) is 3.70. The summed E-state index contributed by atoms with van der Waals surface area (Å²) in [6.45, 7) is 2.05. The predicted octanol–water partition coefficient (Wildman–Crippen LogP) is 3.39. The molecule has 0 aliphatic heterocycles. The minimum absolute atomic E-state index is 0. The lowest BCUT2D eigenvalue weighted by atomic mass is 10.2. The Hall–Kier alpha value is -2.17. The van der Waals surface area contributed by atoms with E-state index in [0.29, 0.717) is 17.3 Å². The van der Waals surface area contributed by atoms with Gasteiger partial charge in [0.1, 0.15) is 11.4 Å². The van der Waals surface area contributed by atoms with Gasteiger partial charge in [-0.25, -0.2) is 15.0 Å². The number of halogens is 3. The van der Waals surface area contributed by atoms with E-state index in [1.807, 2.05) is 12.1 Å². The molecule has 10 heteroatoms. The van der Waals surface area contributed by atoms with Crippen LogP contribution >= 0.6 is 11.8 Å². The van der Waals surface area contributed by atoms with Crippen molar-refractivity contribution in [2.75, 3.05) is 5.75 Å². The van der Waals surface area contributed by atoms with E-state index < -0.39 is 11.9 Å². The Balaban J connectivity index is 0.00000140. The standard InChI is InChI=1S/C18H17F3N4S.2H2O/c1-3-26-14-7-6-11(10-4-5-10)23-16(14)17-24-12-8-15(18(19,20)21)22-9-13(12)25(17)2;;/h6-10H,3-5H2,1-2H3;2*1H2. The number of rotatable bonds is 4. The number of aromatic nitrogens is 4. The number of fused-ring (bicyclic) bond motifs is 1. The Morgan fingerprint density at radius 2 is 1.89 bits per heavy atom. The quantitative estimate of drug-likeness (QED) is 0.610. The van der Waals surface area contributed by atoms with E-state index in [2.05, 4.69) is 16.9 Å². The molecule has 1 aliphatic carbocycles. The lowest BCUT2D eigenvalue weighted by Gasteiger charge is -2.10. The molecular formula is C18H21F3N4O2S. The third kappa shape index (κ3) is 3.98. The molecule has 3 aromatic rings. The van der Waals surface area contributed by atoms with E-state index in [1.165, 1.54) is 6.20 Å². The largest absolute Gasteiger partial charge is 0.433 e. The first kappa shape index (κ1) is 22.1. The maximum absolute atomic E-state index is 12.9. The fourth-order valence-electron chi connectivity index (χ4n) is 2.96. The Morgan fingerprint density at radius 1 is 1.18 bits per heavy atom. The second kappa shape index (κ2) is 8.06. The van der Waals surface area contributed by atoms with Crippen LogP contribution in [0.25, 0.3) is 22.6 Å². The van der Waals surface area contributed by atoms with Crippen molar-refractivity contribution in [1.82, 2.24) is 19.5 Å². The summed E-state index contributed by atoms with van der Waals surface area (Å²) in [7, 11) is 1.78. The topological polar surface area (TPSA) is 107 Å². The summed E-state index contributed by atoms with van der Waals surface area (Å²) < 4.78 is 40.6. The Morgan fingerprint density at radius 3 is 2.50 bits per heavy atom. The Labute approximate surface area is 163 Å². The zero-order valence-electron chi connectivity index (χ0n) is 15.3. The summed E-state index contributed by atoms with van der Waals surface area (Å²) in [5.41, 5.74) is 1.66. The van der Waals surface area contributed by atoms with E-state index in [4.69, 9.17) is 4.98 Å². The molecule has 0 aromatic carbocycles. The van der Waals surface area contributed by atoms with Crippen molar-refractivity contribution in [1.29, 1.82) is 0 Å². The molecule has 3 heterocycles. The summed E-state index contributed by atoms with van der Waals surface area (Å²) in [6.07, 6.45) is -0.993. The highest BCUT2D eigenvalue weighted by molar-refractivity contribution is 7.99. The van der Waals surface area contributed by atoms with E-state index >= 15 is 0 Å². The van der Waals surface area contributed by atoms with Gasteiger partial charge in [-0.15, -0.1) is 11.8 Å². The van der Waals surface area contributed by atoms with Crippen molar-refractivity contribution >= 4 is 22.8 Å². The summed E-state index contributed by atoms with van der Waals surface area (Å²) in [5.74, 6) is 1.93. The van der Waals surface area contributed by atoms with Crippen molar-refractivity contribution in [3.05, 3.63) is 35.8 Å². The molecule has 6 nitrogen and oxygen atoms in total. The average Bonchev–Trinajstić information content (AvgIpc) is 3.39. The molecule has 4 N–H and O–H groups in total. The Bertz CT molecular complexity index is 987. The molecule has 0 unspecified atom stereocenters. The molecule has 1 fully saturated rings. The predicted molar refractivity (Wildman–Crippen MR) is 102 cm³/mol. The summed E-state index contributed by atoms with van der Waals surface area (Å²) in [5, 5.41) is 0. The maximum atomic E-state index is 12.9. The van der Waals surface area contributed by atoms with Gasteiger partial charge in [-0.05, 0) is 36.8 Å². The first-order chi connectivity index (χ1) is 12.4. The van der Waals surface area contributed by atoms with Crippen molar-refractivity contribution in [3.8, 4) is 11.5 Å². The molecule has 3 aromatic heterocycles. The van der Waals surface area contributed by atoms with Gasteiger partial charge in [0.15, 0.2) is 5.82 Å². The monoisotopic (exact) mass is 414 g/mol. The molecule has 0 atom stereocenters. The van der Waals surface area contributed by atoms with Crippen molar-refractivity contribution in [3.63, 3.8) is 0 Å².